The average Bonchev–Trinajstić information content (AvgIpc) is 2.97. The summed E-state index contributed by atoms with van der Waals surface area (Å²) >= 11 is 1.86. The highest BCUT2D eigenvalue weighted by Gasteiger charge is 2.27. The number of thiazole rings is 1. The van der Waals surface area contributed by atoms with Crippen LogP contribution in [0.4, 0.5) is 0 Å². The van der Waals surface area contributed by atoms with Gasteiger partial charge in [0.15, 0.2) is 0 Å². The van der Waals surface area contributed by atoms with Crippen LogP contribution in [0.1, 0.15) is 48.5 Å². The Morgan fingerprint density at radius 1 is 1.21 bits per heavy atom. The molecule has 2 aromatic rings. The fraction of sp³-hybridized carbons (Fsp3) is 0.714. The van der Waals surface area contributed by atoms with Crippen molar-refractivity contribution in [2.24, 2.45) is 5.92 Å². The number of piperidine rings is 1. The maximum absolute atomic E-state index is 4.50. The van der Waals surface area contributed by atoms with Gasteiger partial charge in [-0.1, -0.05) is 18.3 Å². The molecule has 3 heterocycles. The van der Waals surface area contributed by atoms with Crippen LogP contribution in [0.5, 0.6) is 0 Å². The predicted molar refractivity (Wildman–Crippen MR) is 76.9 cm³/mol. The summed E-state index contributed by atoms with van der Waals surface area (Å²) in [5.41, 5.74) is 1.51. The summed E-state index contributed by atoms with van der Waals surface area (Å²) in [4.78, 5) is 2.67. The fourth-order valence-corrected chi connectivity index (χ4v) is 4.73. The van der Waals surface area contributed by atoms with Gasteiger partial charge in [-0.05, 0) is 51.1 Å². The molecule has 1 aliphatic heterocycles. The Labute approximate surface area is 117 Å². The van der Waals surface area contributed by atoms with E-state index in [1.165, 1.54) is 43.6 Å². The lowest BCUT2D eigenvalue weighted by Gasteiger charge is -2.22. The quantitative estimate of drug-likeness (QED) is 0.869. The molecule has 4 rings (SSSR count). The molecule has 5 heteroatoms. The van der Waals surface area contributed by atoms with Crippen LogP contribution in [0.2, 0.25) is 0 Å². The van der Waals surface area contributed by atoms with Crippen LogP contribution in [-0.4, -0.2) is 27.7 Å². The standard InChI is InChI=1S/C14H20N4S/c1-9-2-3-11-12(8-9)19-14-17-16-13(18(11)14)10-4-6-15-7-5-10/h9-10,15H,2-8H2,1H3. The summed E-state index contributed by atoms with van der Waals surface area (Å²) in [7, 11) is 0. The van der Waals surface area contributed by atoms with E-state index in [-0.39, 0.29) is 0 Å². The zero-order valence-electron chi connectivity index (χ0n) is 11.4. The van der Waals surface area contributed by atoms with Gasteiger partial charge in [0, 0.05) is 16.5 Å². The molecule has 0 spiro atoms. The van der Waals surface area contributed by atoms with Crippen molar-refractivity contribution in [2.45, 2.75) is 44.9 Å². The van der Waals surface area contributed by atoms with Crippen molar-refractivity contribution in [3.63, 3.8) is 0 Å². The van der Waals surface area contributed by atoms with Gasteiger partial charge in [0.25, 0.3) is 0 Å². The lowest BCUT2D eigenvalue weighted by Crippen LogP contribution is -2.27. The molecule has 0 radical (unpaired) electrons. The number of nitrogens with one attached hydrogen (secondary N) is 1. The van der Waals surface area contributed by atoms with Gasteiger partial charge in [0.2, 0.25) is 4.96 Å². The smallest absolute Gasteiger partial charge is 0.216 e. The maximum atomic E-state index is 4.50. The van der Waals surface area contributed by atoms with Gasteiger partial charge < -0.3 is 5.32 Å². The van der Waals surface area contributed by atoms with Crippen molar-refractivity contribution < 1.29 is 0 Å². The Hall–Kier alpha value is -0.940. The first kappa shape index (κ1) is 11.9. The van der Waals surface area contributed by atoms with Gasteiger partial charge in [0.05, 0.1) is 0 Å². The van der Waals surface area contributed by atoms with Crippen LogP contribution in [0.15, 0.2) is 0 Å². The normalized spacial score (nSPS) is 24.8. The topological polar surface area (TPSA) is 42.2 Å². The molecule has 0 saturated carbocycles. The zero-order chi connectivity index (χ0) is 12.8. The summed E-state index contributed by atoms with van der Waals surface area (Å²) in [5, 5.41) is 12.4. The number of aryl methyl sites for hydroxylation is 1. The minimum absolute atomic E-state index is 0.592. The molecular formula is C14H20N4S. The number of nitrogens with zero attached hydrogens (tertiary/aromatic N) is 3. The summed E-state index contributed by atoms with van der Waals surface area (Å²) in [6.45, 7) is 4.59. The summed E-state index contributed by atoms with van der Waals surface area (Å²) < 4.78 is 2.39. The first-order valence-corrected chi connectivity index (χ1v) is 8.21. The second-order valence-electron chi connectivity index (χ2n) is 6.02. The van der Waals surface area contributed by atoms with Crippen molar-refractivity contribution in [3.8, 4) is 0 Å². The van der Waals surface area contributed by atoms with E-state index >= 15 is 0 Å². The van der Waals surface area contributed by atoms with Crippen LogP contribution in [0, 0.1) is 5.92 Å². The van der Waals surface area contributed by atoms with Crippen LogP contribution in [-0.2, 0) is 12.8 Å². The van der Waals surface area contributed by atoms with Gasteiger partial charge in [-0.25, -0.2) is 0 Å². The minimum atomic E-state index is 0.592. The first-order chi connectivity index (χ1) is 9.33. The number of aromatic nitrogens is 3. The highest BCUT2D eigenvalue weighted by atomic mass is 32.1. The van der Waals surface area contributed by atoms with Gasteiger partial charge >= 0.3 is 0 Å². The third kappa shape index (κ3) is 1.91. The Bertz CT molecular complexity index is 594. The lowest BCUT2D eigenvalue weighted by molar-refractivity contribution is 0.438. The molecule has 4 nitrogen and oxygen atoms in total. The third-order valence-electron chi connectivity index (χ3n) is 4.58. The zero-order valence-corrected chi connectivity index (χ0v) is 12.2. The Balaban J connectivity index is 1.79. The van der Waals surface area contributed by atoms with Crippen molar-refractivity contribution in [1.29, 1.82) is 0 Å². The second kappa shape index (κ2) is 4.56. The largest absolute Gasteiger partial charge is 0.317 e. The number of hydrogen-bond donors (Lipinski definition) is 1. The molecule has 1 saturated heterocycles. The molecule has 2 aromatic heterocycles. The number of fused-ring (bicyclic) bond motifs is 3. The predicted octanol–water partition coefficient (Wildman–Crippen LogP) is 2.38. The van der Waals surface area contributed by atoms with E-state index in [1.54, 1.807) is 4.88 Å². The Kier molecular flexibility index (Phi) is 2.84. The molecule has 102 valence electrons. The van der Waals surface area contributed by atoms with Gasteiger partial charge in [-0.15, -0.1) is 10.2 Å². The first-order valence-electron chi connectivity index (χ1n) is 7.39. The molecule has 0 amide bonds. The molecule has 0 bridgehead atoms. The fourth-order valence-electron chi connectivity index (χ4n) is 3.45. The Morgan fingerprint density at radius 3 is 2.89 bits per heavy atom. The molecule has 1 unspecified atom stereocenters. The average molecular weight is 276 g/mol. The van der Waals surface area contributed by atoms with E-state index in [4.69, 9.17) is 0 Å². The molecule has 1 N–H and O–H groups in total. The molecule has 2 aliphatic rings. The summed E-state index contributed by atoms with van der Waals surface area (Å²) in [6, 6.07) is 0. The van der Waals surface area contributed by atoms with E-state index in [0.717, 1.165) is 24.0 Å². The van der Waals surface area contributed by atoms with Crippen molar-refractivity contribution in [2.75, 3.05) is 13.1 Å². The molecule has 1 atom stereocenters. The van der Waals surface area contributed by atoms with Crippen molar-refractivity contribution in [1.82, 2.24) is 19.9 Å². The van der Waals surface area contributed by atoms with Crippen LogP contribution < -0.4 is 5.32 Å². The molecule has 1 fully saturated rings. The van der Waals surface area contributed by atoms with Crippen LogP contribution in [0.25, 0.3) is 4.96 Å². The highest BCUT2D eigenvalue weighted by molar-refractivity contribution is 7.17. The third-order valence-corrected chi connectivity index (χ3v) is 5.67. The highest BCUT2D eigenvalue weighted by Crippen LogP contribution is 2.35. The summed E-state index contributed by atoms with van der Waals surface area (Å²) in [6.07, 6.45) is 6.13. The SMILES string of the molecule is CC1CCc2c(sc3nnc(C4CCNCC4)n23)C1. The number of hydrogen-bond acceptors (Lipinski definition) is 4. The van der Waals surface area contributed by atoms with E-state index in [0.29, 0.717) is 5.92 Å². The molecule has 19 heavy (non-hydrogen) atoms. The molecule has 0 aromatic carbocycles. The molecular weight excluding hydrogens is 256 g/mol. The molecule has 1 aliphatic carbocycles. The van der Waals surface area contributed by atoms with Crippen molar-refractivity contribution >= 4 is 16.3 Å². The van der Waals surface area contributed by atoms with Crippen LogP contribution >= 0.6 is 11.3 Å². The lowest BCUT2D eigenvalue weighted by atomic mass is 9.92. The monoisotopic (exact) mass is 276 g/mol. The summed E-state index contributed by atoms with van der Waals surface area (Å²) in [5.74, 6) is 2.64. The van der Waals surface area contributed by atoms with Crippen molar-refractivity contribution in [3.05, 3.63) is 16.4 Å². The van der Waals surface area contributed by atoms with Gasteiger partial charge in [-0.2, -0.15) is 0 Å². The Morgan fingerprint density at radius 2 is 2.05 bits per heavy atom. The van der Waals surface area contributed by atoms with E-state index in [9.17, 15) is 0 Å². The van der Waals surface area contributed by atoms with E-state index in [2.05, 4.69) is 26.8 Å². The second-order valence-corrected chi connectivity index (χ2v) is 7.08. The van der Waals surface area contributed by atoms with Gasteiger partial charge in [-0.3, -0.25) is 4.40 Å². The number of rotatable bonds is 1. The minimum Gasteiger partial charge on any atom is -0.317 e. The maximum Gasteiger partial charge on any atom is 0.216 e. The van der Waals surface area contributed by atoms with Gasteiger partial charge in [0.1, 0.15) is 5.82 Å². The van der Waals surface area contributed by atoms with E-state index in [1.807, 2.05) is 11.3 Å². The van der Waals surface area contributed by atoms with Crippen LogP contribution in [0.3, 0.4) is 0 Å². The van der Waals surface area contributed by atoms with E-state index < -0.39 is 0 Å².